The smallest absolute Gasteiger partial charge is 0.303 e. The fourth-order valence-electron chi connectivity index (χ4n) is 3.22. The van der Waals surface area contributed by atoms with E-state index in [1.165, 1.54) is 0 Å². The Bertz CT molecular complexity index is 348. The van der Waals surface area contributed by atoms with Crippen molar-refractivity contribution < 1.29 is 19.4 Å². The lowest BCUT2D eigenvalue weighted by atomic mass is 9.69. The quantitative estimate of drug-likeness (QED) is 0.722. The molecule has 21 heavy (non-hydrogen) atoms. The number of carbonyl (C=O) groups is 2. The van der Waals surface area contributed by atoms with Crippen molar-refractivity contribution in [1.29, 1.82) is 0 Å². The minimum atomic E-state index is -0.804. The van der Waals surface area contributed by atoms with Crippen LogP contribution in [0, 0.1) is 11.3 Å². The maximum absolute atomic E-state index is 12.3. The van der Waals surface area contributed by atoms with Gasteiger partial charge in [0.15, 0.2) is 0 Å². The molecule has 1 aliphatic rings. The second-order valence-corrected chi connectivity index (χ2v) is 6.68. The van der Waals surface area contributed by atoms with E-state index in [2.05, 4.69) is 5.32 Å². The summed E-state index contributed by atoms with van der Waals surface area (Å²) < 4.78 is 5.14. The highest BCUT2D eigenvalue weighted by molar-refractivity contribution is 5.78. The first kappa shape index (κ1) is 18.0. The number of nitrogens with one attached hydrogen (secondary N) is 1. The standard InChI is InChI=1S/C16H29NO4/c1-12(2)13(11-21-3)17-14(18)9-16(10-15(19)20)7-5-4-6-8-16/h12-13H,4-11H2,1-3H3,(H,17,18)(H,19,20). The van der Waals surface area contributed by atoms with Gasteiger partial charge in [0.25, 0.3) is 0 Å². The summed E-state index contributed by atoms with van der Waals surface area (Å²) in [5.41, 5.74) is -0.358. The van der Waals surface area contributed by atoms with Crippen LogP contribution >= 0.6 is 0 Å². The zero-order valence-corrected chi connectivity index (χ0v) is 13.5. The maximum Gasteiger partial charge on any atom is 0.303 e. The summed E-state index contributed by atoms with van der Waals surface area (Å²) in [5.74, 6) is -0.563. The molecule has 122 valence electrons. The van der Waals surface area contributed by atoms with Crippen LogP contribution in [0.3, 0.4) is 0 Å². The molecule has 0 bridgehead atoms. The van der Waals surface area contributed by atoms with Crippen LogP contribution < -0.4 is 5.32 Å². The zero-order chi connectivity index (χ0) is 15.9. The summed E-state index contributed by atoms with van der Waals surface area (Å²) in [4.78, 5) is 23.5. The van der Waals surface area contributed by atoms with Crippen LogP contribution in [0.25, 0.3) is 0 Å². The van der Waals surface area contributed by atoms with Crippen molar-refractivity contribution in [1.82, 2.24) is 5.32 Å². The third-order valence-electron chi connectivity index (χ3n) is 4.47. The summed E-state index contributed by atoms with van der Waals surface area (Å²) in [5, 5.41) is 12.2. The Morgan fingerprint density at radius 3 is 2.29 bits per heavy atom. The lowest BCUT2D eigenvalue weighted by Gasteiger charge is -2.36. The molecule has 1 aliphatic carbocycles. The molecule has 0 aromatic carbocycles. The van der Waals surface area contributed by atoms with Crippen LogP contribution in [-0.2, 0) is 14.3 Å². The maximum atomic E-state index is 12.3. The highest BCUT2D eigenvalue weighted by atomic mass is 16.5. The molecule has 0 spiro atoms. The highest BCUT2D eigenvalue weighted by Crippen LogP contribution is 2.42. The molecule has 1 unspecified atom stereocenters. The van der Waals surface area contributed by atoms with Crippen LogP contribution in [-0.4, -0.2) is 36.7 Å². The van der Waals surface area contributed by atoms with Gasteiger partial charge in [-0.2, -0.15) is 0 Å². The third-order valence-corrected chi connectivity index (χ3v) is 4.47. The summed E-state index contributed by atoms with van der Waals surface area (Å²) in [6, 6.07) is -0.0204. The molecule has 0 aliphatic heterocycles. The van der Waals surface area contributed by atoms with Gasteiger partial charge in [0.1, 0.15) is 0 Å². The predicted octanol–water partition coefficient (Wildman–Crippen LogP) is 2.59. The number of carboxylic acids is 1. The second kappa shape index (κ2) is 8.37. The van der Waals surface area contributed by atoms with Gasteiger partial charge in [-0.3, -0.25) is 9.59 Å². The molecule has 0 saturated heterocycles. The van der Waals surface area contributed by atoms with E-state index in [4.69, 9.17) is 9.84 Å². The van der Waals surface area contributed by atoms with Gasteiger partial charge in [0, 0.05) is 13.5 Å². The fourth-order valence-corrected chi connectivity index (χ4v) is 3.22. The van der Waals surface area contributed by atoms with Gasteiger partial charge in [0.05, 0.1) is 19.1 Å². The van der Waals surface area contributed by atoms with Gasteiger partial charge < -0.3 is 15.2 Å². The van der Waals surface area contributed by atoms with E-state index in [1.807, 2.05) is 13.8 Å². The Kier molecular flexibility index (Phi) is 7.15. The Hall–Kier alpha value is -1.10. The average molecular weight is 299 g/mol. The molecule has 1 atom stereocenters. The van der Waals surface area contributed by atoms with Crippen LogP contribution in [0.15, 0.2) is 0 Å². The van der Waals surface area contributed by atoms with Crippen molar-refractivity contribution in [3.8, 4) is 0 Å². The van der Waals surface area contributed by atoms with E-state index in [-0.39, 0.29) is 29.7 Å². The van der Waals surface area contributed by atoms with Gasteiger partial charge in [-0.1, -0.05) is 33.1 Å². The van der Waals surface area contributed by atoms with Gasteiger partial charge >= 0.3 is 5.97 Å². The van der Waals surface area contributed by atoms with Crippen molar-refractivity contribution >= 4 is 11.9 Å². The minimum absolute atomic E-state index is 0.0204. The molecule has 5 heteroatoms. The molecule has 1 saturated carbocycles. The number of carboxylic acid groups (broad SMARTS) is 1. The topological polar surface area (TPSA) is 75.6 Å². The normalized spacial score (nSPS) is 19.2. The first-order valence-corrected chi connectivity index (χ1v) is 7.89. The molecule has 0 aromatic rings. The van der Waals surface area contributed by atoms with Crippen molar-refractivity contribution in [2.45, 2.75) is 64.8 Å². The van der Waals surface area contributed by atoms with Crippen molar-refractivity contribution in [2.24, 2.45) is 11.3 Å². The van der Waals surface area contributed by atoms with E-state index in [9.17, 15) is 9.59 Å². The lowest BCUT2D eigenvalue weighted by molar-refractivity contribution is -0.141. The monoisotopic (exact) mass is 299 g/mol. The Balaban J connectivity index is 2.64. The first-order chi connectivity index (χ1) is 9.88. The van der Waals surface area contributed by atoms with Crippen LogP contribution in [0.2, 0.25) is 0 Å². The Morgan fingerprint density at radius 1 is 1.19 bits per heavy atom. The molecule has 0 aromatic heterocycles. The van der Waals surface area contributed by atoms with E-state index >= 15 is 0 Å². The third kappa shape index (κ3) is 6.04. The van der Waals surface area contributed by atoms with Gasteiger partial charge in [-0.05, 0) is 24.2 Å². The largest absolute Gasteiger partial charge is 0.481 e. The summed E-state index contributed by atoms with van der Waals surface area (Å²) in [6.07, 6.45) is 5.26. The van der Waals surface area contributed by atoms with Crippen LogP contribution in [0.1, 0.15) is 58.8 Å². The van der Waals surface area contributed by atoms with E-state index in [0.717, 1.165) is 32.1 Å². The van der Waals surface area contributed by atoms with Crippen molar-refractivity contribution in [2.75, 3.05) is 13.7 Å². The first-order valence-electron chi connectivity index (χ1n) is 7.89. The average Bonchev–Trinajstić information content (AvgIpc) is 2.37. The Morgan fingerprint density at radius 2 is 1.81 bits per heavy atom. The van der Waals surface area contributed by atoms with E-state index < -0.39 is 5.97 Å². The highest BCUT2D eigenvalue weighted by Gasteiger charge is 2.36. The van der Waals surface area contributed by atoms with Crippen molar-refractivity contribution in [3.05, 3.63) is 0 Å². The molecule has 2 N–H and O–H groups in total. The summed E-state index contributed by atoms with van der Waals surface area (Å²) >= 11 is 0. The van der Waals surface area contributed by atoms with Crippen LogP contribution in [0.4, 0.5) is 0 Å². The van der Waals surface area contributed by atoms with Gasteiger partial charge in [-0.25, -0.2) is 0 Å². The number of methoxy groups -OCH3 is 1. The van der Waals surface area contributed by atoms with Crippen molar-refractivity contribution in [3.63, 3.8) is 0 Å². The molecule has 5 nitrogen and oxygen atoms in total. The number of rotatable bonds is 8. The molecule has 1 amide bonds. The minimum Gasteiger partial charge on any atom is -0.481 e. The lowest BCUT2D eigenvalue weighted by Crippen LogP contribution is -2.44. The van der Waals surface area contributed by atoms with Crippen LogP contribution in [0.5, 0.6) is 0 Å². The van der Waals surface area contributed by atoms with Gasteiger partial charge in [0.2, 0.25) is 5.91 Å². The fraction of sp³-hybridized carbons (Fsp3) is 0.875. The molecular formula is C16H29NO4. The van der Waals surface area contributed by atoms with E-state index in [1.54, 1.807) is 7.11 Å². The molecule has 0 radical (unpaired) electrons. The number of hydrogen-bond donors (Lipinski definition) is 2. The Labute approximate surface area is 127 Å². The summed E-state index contributed by atoms with van der Waals surface area (Å²) in [7, 11) is 1.62. The zero-order valence-electron chi connectivity index (χ0n) is 13.5. The molecular weight excluding hydrogens is 270 g/mol. The number of carbonyl (C=O) groups excluding carboxylic acids is 1. The molecule has 1 fully saturated rings. The number of aliphatic carboxylic acids is 1. The number of ether oxygens (including phenoxy) is 1. The second-order valence-electron chi connectivity index (χ2n) is 6.68. The predicted molar refractivity (Wildman–Crippen MR) is 81.0 cm³/mol. The van der Waals surface area contributed by atoms with Gasteiger partial charge in [-0.15, -0.1) is 0 Å². The number of hydrogen-bond acceptors (Lipinski definition) is 3. The number of amides is 1. The SMILES string of the molecule is COCC(NC(=O)CC1(CC(=O)O)CCCCC1)C(C)C. The van der Waals surface area contributed by atoms with E-state index in [0.29, 0.717) is 13.0 Å². The summed E-state index contributed by atoms with van der Waals surface area (Å²) in [6.45, 7) is 4.56. The molecule has 0 heterocycles. The molecule has 1 rings (SSSR count).